The fraction of sp³-hybridized carbons (Fsp3) is 0.625. The van der Waals surface area contributed by atoms with Crippen LogP contribution >= 0.6 is 0 Å². The SMILES string of the molecule is O=C(O)C(F)(F)F.O=C(O)C(F)(F)F.c1cncc(CN2CCc3c(nnn3CC3CC3)C2COCC2CC2)c1. The van der Waals surface area contributed by atoms with Gasteiger partial charge in [-0.3, -0.25) is 9.88 Å². The standard InChI is InChI=1S/C20H27N5O.2C2HF3O2/c1-2-17(10-21-8-1)11-24-9-7-18-20(19(24)14-26-13-16-5-6-16)22-23-25(18)12-15-3-4-15;2*3-2(4,5)1(6)7/h1-2,8,10,15-16,19H,3-7,9,11-14H2;2*(H,6,7). The number of fused-ring (bicyclic) bond motifs is 1. The molecule has 222 valence electrons. The molecule has 40 heavy (non-hydrogen) atoms. The van der Waals surface area contributed by atoms with Crippen LogP contribution in [0.15, 0.2) is 24.5 Å². The molecule has 5 rings (SSSR count). The third-order valence-corrected chi connectivity index (χ3v) is 6.31. The molecule has 1 atom stereocenters. The van der Waals surface area contributed by atoms with Gasteiger partial charge in [-0.25, -0.2) is 14.3 Å². The molecule has 2 fully saturated rings. The first-order chi connectivity index (χ1) is 18.8. The zero-order chi connectivity index (χ0) is 29.5. The summed E-state index contributed by atoms with van der Waals surface area (Å²) in [6.07, 6.45) is -0.0152. The normalized spacial score (nSPS) is 19.0. The molecule has 2 aromatic rings. The van der Waals surface area contributed by atoms with Gasteiger partial charge < -0.3 is 14.9 Å². The number of ether oxygens (including phenoxy) is 1. The van der Waals surface area contributed by atoms with Crippen molar-refractivity contribution in [1.29, 1.82) is 0 Å². The van der Waals surface area contributed by atoms with E-state index in [0.29, 0.717) is 6.61 Å². The minimum Gasteiger partial charge on any atom is -0.475 e. The second-order valence-electron chi connectivity index (χ2n) is 9.73. The van der Waals surface area contributed by atoms with Crippen LogP contribution in [-0.4, -0.2) is 79.1 Å². The fourth-order valence-electron chi connectivity index (χ4n) is 3.86. The summed E-state index contributed by atoms with van der Waals surface area (Å²) in [7, 11) is 0. The number of nitrogens with zero attached hydrogens (tertiary/aromatic N) is 5. The molecule has 2 aromatic heterocycles. The third kappa shape index (κ3) is 10.0. The van der Waals surface area contributed by atoms with Gasteiger partial charge in [-0.1, -0.05) is 11.3 Å². The minimum absolute atomic E-state index is 0.200. The Bertz CT molecular complexity index is 1100. The zero-order valence-corrected chi connectivity index (χ0v) is 21.2. The van der Waals surface area contributed by atoms with Crippen molar-refractivity contribution in [2.24, 2.45) is 11.8 Å². The molecule has 0 spiro atoms. The van der Waals surface area contributed by atoms with Gasteiger partial charge in [0, 0.05) is 45.1 Å². The molecule has 3 aliphatic rings. The van der Waals surface area contributed by atoms with Crippen molar-refractivity contribution in [2.45, 2.75) is 63.6 Å². The Kier molecular flexibility index (Phi) is 10.5. The van der Waals surface area contributed by atoms with Gasteiger partial charge in [0.2, 0.25) is 0 Å². The summed E-state index contributed by atoms with van der Waals surface area (Å²) in [6, 6.07) is 4.36. The monoisotopic (exact) mass is 581 g/mol. The maximum Gasteiger partial charge on any atom is 0.490 e. The maximum atomic E-state index is 10.6. The highest BCUT2D eigenvalue weighted by Gasteiger charge is 2.39. The van der Waals surface area contributed by atoms with E-state index in [-0.39, 0.29) is 6.04 Å². The summed E-state index contributed by atoms with van der Waals surface area (Å²) in [4.78, 5) is 24.5. The van der Waals surface area contributed by atoms with Gasteiger partial charge in [-0.05, 0) is 49.1 Å². The summed E-state index contributed by atoms with van der Waals surface area (Å²) in [5, 5.41) is 23.3. The Labute approximate surface area is 224 Å². The molecular formula is C24H29F6N5O5. The lowest BCUT2D eigenvalue weighted by Gasteiger charge is -2.34. The van der Waals surface area contributed by atoms with Crippen molar-refractivity contribution in [3.63, 3.8) is 0 Å². The van der Waals surface area contributed by atoms with Crippen LogP contribution in [0.2, 0.25) is 0 Å². The van der Waals surface area contributed by atoms with Crippen LogP contribution in [0.3, 0.4) is 0 Å². The van der Waals surface area contributed by atoms with Crippen LogP contribution in [0, 0.1) is 11.8 Å². The van der Waals surface area contributed by atoms with Crippen LogP contribution < -0.4 is 0 Å². The predicted octanol–water partition coefficient (Wildman–Crippen LogP) is 3.88. The molecule has 3 heterocycles. The minimum atomic E-state index is -5.08. The number of carbonyl (C=O) groups is 2. The van der Waals surface area contributed by atoms with E-state index in [4.69, 9.17) is 24.5 Å². The maximum absolute atomic E-state index is 10.6. The first kappa shape index (κ1) is 31.3. The van der Waals surface area contributed by atoms with E-state index in [0.717, 1.165) is 50.2 Å². The smallest absolute Gasteiger partial charge is 0.475 e. The van der Waals surface area contributed by atoms with Gasteiger partial charge >= 0.3 is 24.3 Å². The van der Waals surface area contributed by atoms with E-state index in [1.54, 1.807) is 0 Å². The number of hydrogen-bond donors (Lipinski definition) is 2. The number of aliphatic carboxylic acids is 2. The number of hydrogen-bond acceptors (Lipinski definition) is 7. The van der Waals surface area contributed by atoms with E-state index in [9.17, 15) is 26.3 Å². The van der Waals surface area contributed by atoms with E-state index in [2.05, 4.69) is 30.9 Å². The van der Waals surface area contributed by atoms with Crippen LogP contribution in [0.25, 0.3) is 0 Å². The molecule has 2 aliphatic carbocycles. The predicted molar refractivity (Wildman–Crippen MR) is 125 cm³/mol. The van der Waals surface area contributed by atoms with E-state index in [1.165, 1.54) is 36.9 Å². The molecule has 0 saturated heterocycles. The number of aromatic nitrogens is 4. The number of halogens is 6. The molecular weight excluding hydrogens is 552 g/mol. The van der Waals surface area contributed by atoms with Gasteiger partial charge in [0.25, 0.3) is 0 Å². The van der Waals surface area contributed by atoms with Gasteiger partial charge in [0.15, 0.2) is 0 Å². The Morgan fingerprint density at radius 3 is 2.08 bits per heavy atom. The average molecular weight is 582 g/mol. The summed E-state index contributed by atoms with van der Waals surface area (Å²) < 4.78 is 71.7. The van der Waals surface area contributed by atoms with Crippen molar-refractivity contribution >= 4 is 11.9 Å². The van der Waals surface area contributed by atoms with Crippen LogP contribution in [-0.2, 0) is 33.8 Å². The van der Waals surface area contributed by atoms with Crippen molar-refractivity contribution in [3.05, 3.63) is 41.5 Å². The first-order valence-corrected chi connectivity index (χ1v) is 12.5. The van der Waals surface area contributed by atoms with Crippen molar-refractivity contribution in [1.82, 2.24) is 24.9 Å². The van der Waals surface area contributed by atoms with Crippen LogP contribution in [0.1, 0.15) is 48.7 Å². The Morgan fingerprint density at radius 2 is 1.57 bits per heavy atom. The quantitative estimate of drug-likeness (QED) is 0.446. The highest BCUT2D eigenvalue weighted by molar-refractivity contribution is 5.73. The highest BCUT2D eigenvalue weighted by atomic mass is 19.4. The summed E-state index contributed by atoms with van der Waals surface area (Å²) in [5.74, 6) is -3.91. The third-order valence-electron chi connectivity index (χ3n) is 6.31. The molecule has 1 aliphatic heterocycles. The van der Waals surface area contributed by atoms with E-state index < -0.39 is 24.3 Å². The van der Waals surface area contributed by atoms with E-state index >= 15 is 0 Å². The Hall–Kier alpha value is -3.27. The molecule has 0 amide bonds. The summed E-state index contributed by atoms with van der Waals surface area (Å²) >= 11 is 0. The van der Waals surface area contributed by atoms with Crippen LogP contribution in [0.5, 0.6) is 0 Å². The molecule has 0 aromatic carbocycles. The van der Waals surface area contributed by atoms with E-state index in [1.807, 2.05) is 18.5 Å². The molecule has 16 heteroatoms. The van der Waals surface area contributed by atoms with Gasteiger partial charge in [-0.15, -0.1) is 5.10 Å². The fourth-order valence-corrected chi connectivity index (χ4v) is 3.86. The second kappa shape index (κ2) is 13.4. The average Bonchev–Trinajstić information content (AvgIpc) is 3.80. The van der Waals surface area contributed by atoms with Crippen LogP contribution in [0.4, 0.5) is 26.3 Å². The molecule has 2 saturated carbocycles. The van der Waals surface area contributed by atoms with Gasteiger partial charge in [0.05, 0.1) is 18.3 Å². The molecule has 0 radical (unpaired) electrons. The number of carboxylic acids is 2. The lowest BCUT2D eigenvalue weighted by atomic mass is 10.0. The first-order valence-electron chi connectivity index (χ1n) is 12.5. The number of pyridine rings is 1. The van der Waals surface area contributed by atoms with Gasteiger partial charge in [-0.2, -0.15) is 26.3 Å². The Morgan fingerprint density at radius 1 is 0.975 bits per heavy atom. The lowest BCUT2D eigenvalue weighted by molar-refractivity contribution is -0.193. The number of alkyl halides is 6. The van der Waals surface area contributed by atoms with Crippen molar-refractivity contribution < 1.29 is 50.9 Å². The molecule has 10 nitrogen and oxygen atoms in total. The summed E-state index contributed by atoms with van der Waals surface area (Å²) in [6.45, 7) is 4.56. The molecule has 1 unspecified atom stereocenters. The lowest BCUT2D eigenvalue weighted by Crippen LogP contribution is -2.38. The second-order valence-corrected chi connectivity index (χ2v) is 9.73. The highest BCUT2D eigenvalue weighted by Crippen LogP contribution is 2.35. The summed E-state index contributed by atoms with van der Waals surface area (Å²) in [5.41, 5.74) is 3.71. The Balaban J connectivity index is 0.000000263. The van der Waals surface area contributed by atoms with Crippen molar-refractivity contribution in [2.75, 3.05) is 19.8 Å². The molecule has 2 N–H and O–H groups in total. The number of carboxylic acid groups (broad SMARTS) is 2. The largest absolute Gasteiger partial charge is 0.490 e. The number of rotatable bonds is 8. The topological polar surface area (TPSA) is 131 Å². The zero-order valence-electron chi connectivity index (χ0n) is 21.2. The molecule has 0 bridgehead atoms. The van der Waals surface area contributed by atoms with Gasteiger partial charge in [0.1, 0.15) is 5.69 Å². The van der Waals surface area contributed by atoms with Crippen molar-refractivity contribution in [3.8, 4) is 0 Å².